The Morgan fingerprint density at radius 1 is 1.08 bits per heavy atom. The van der Waals surface area contributed by atoms with E-state index < -0.39 is 0 Å². The maximum atomic E-state index is 13.3. The molecule has 10 nitrogen and oxygen atoms in total. The standard InChI is InChI=1S/C27H30N8O2/c1-16-8-17(2)10-19(9-16)29-27-28-13-18-14-35(15-24(18)30-27)20-4-6-34(7-5-20)26(36)21-11-22-23(32-33-31-22)12-25(21)37-3/h8-13,20H,4-7,14-15H2,1-3H3,(H,28,29,30)(H,31,32,33). The van der Waals surface area contributed by atoms with E-state index in [0.29, 0.717) is 41.9 Å². The van der Waals surface area contributed by atoms with E-state index in [-0.39, 0.29) is 5.91 Å². The average Bonchev–Trinajstić information content (AvgIpc) is 3.53. The maximum absolute atomic E-state index is 13.3. The molecule has 0 saturated carbocycles. The SMILES string of the molecule is COc1cc2[nH]nnc2cc1C(=O)N1CCC(N2Cc3cnc(Nc4cc(C)cc(C)c4)nc3C2)CC1. The number of rotatable bonds is 5. The Labute approximate surface area is 215 Å². The summed E-state index contributed by atoms with van der Waals surface area (Å²) in [6.45, 7) is 7.21. The van der Waals surface area contributed by atoms with Crippen LogP contribution in [-0.4, -0.2) is 67.3 Å². The molecular weight excluding hydrogens is 468 g/mol. The van der Waals surface area contributed by atoms with Crippen molar-refractivity contribution in [1.29, 1.82) is 0 Å². The number of likely N-dealkylation sites (tertiary alicyclic amines) is 1. The van der Waals surface area contributed by atoms with Crippen molar-refractivity contribution < 1.29 is 9.53 Å². The molecule has 2 aliphatic rings. The molecule has 10 heteroatoms. The van der Waals surface area contributed by atoms with Crippen LogP contribution < -0.4 is 10.1 Å². The summed E-state index contributed by atoms with van der Waals surface area (Å²) in [4.78, 5) is 27.1. The monoisotopic (exact) mass is 498 g/mol. The van der Waals surface area contributed by atoms with Gasteiger partial charge in [0.2, 0.25) is 5.95 Å². The number of amides is 1. The Balaban J connectivity index is 1.09. The Kier molecular flexibility index (Phi) is 5.96. The number of aromatic amines is 1. The van der Waals surface area contributed by atoms with Gasteiger partial charge in [-0.1, -0.05) is 11.3 Å². The van der Waals surface area contributed by atoms with Crippen molar-refractivity contribution in [2.24, 2.45) is 0 Å². The quantitative estimate of drug-likeness (QED) is 0.428. The van der Waals surface area contributed by atoms with Gasteiger partial charge in [0.15, 0.2) is 0 Å². The van der Waals surface area contributed by atoms with Gasteiger partial charge in [0, 0.05) is 55.7 Å². The first-order valence-corrected chi connectivity index (χ1v) is 12.6. The molecule has 2 aliphatic heterocycles. The van der Waals surface area contributed by atoms with Gasteiger partial charge in [-0.2, -0.15) is 0 Å². The highest BCUT2D eigenvalue weighted by atomic mass is 16.5. The van der Waals surface area contributed by atoms with Crippen LogP contribution in [0.1, 0.15) is 45.6 Å². The topological polar surface area (TPSA) is 112 Å². The fraction of sp³-hybridized carbons (Fsp3) is 0.370. The highest BCUT2D eigenvalue weighted by Gasteiger charge is 2.32. The number of anilines is 2. The summed E-state index contributed by atoms with van der Waals surface area (Å²) in [6, 6.07) is 10.3. The summed E-state index contributed by atoms with van der Waals surface area (Å²) in [5, 5.41) is 14.0. The molecule has 2 N–H and O–H groups in total. The number of carbonyl (C=O) groups excluding carboxylic acids is 1. The number of nitrogens with zero attached hydrogens (tertiary/aromatic N) is 6. The average molecular weight is 499 g/mol. The molecule has 0 bridgehead atoms. The van der Waals surface area contributed by atoms with Crippen molar-refractivity contribution in [2.75, 3.05) is 25.5 Å². The van der Waals surface area contributed by atoms with Crippen LogP contribution in [0.3, 0.4) is 0 Å². The number of hydrogen-bond donors (Lipinski definition) is 2. The van der Waals surface area contributed by atoms with Gasteiger partial charge in [-0.3, -0.25) is 14.8 Å². The van der Waals surface area contributed by atoms with Crippen LogP contribution in [0.25, 0.3) is 11.0 Å². The zero-order valence-corrected chi connectivity index (χ0v) is 21.3. The minimum Gasteiger partial charge on any atom is -0.496 e. The third-order valence-electron chi connectivity index (χ3n) is 7.30. The van der Waals surface area contributed by atoms with E-state index in [1.165, 1.54) is 16.7 Å². The van der Waals surface area contributed by atoms with Gasteiger partial charge in [-0.15, -0.1) is 5.10 Å². The molecule has 0 radical (unpaired) electrons. The minimum atomic E-state index is -0.0297. The van der Waals surface area contributed by atoms with Gasteiger partial charge in [-0.05, 0) is 56.0 Å². The number of aromatic nitrogens is 5. The number of hydrogen-bond acceptors (Lipinski definition) is 8. The van der Waals surface area contributed by atoms with Crippen molar-refractivity contribution >= 4 is 28.6 Å². The lowest BCUT2D eigenvalue weighted by Gasteiger charge is -2.36. The Hall–Kier alpha value is -4.05. The fourth-order valence-electron chi connectivity index (χ4n) is 5.49. The summed E-state index contributed by atoms with van der Waals surface area (Å²) in [6.07, 6.45) is 3.77. The lowest BCUT2D eigenvalue weighted by atomic mass is 10.0. The van der Waals surface area contributed by atoms with E-state index >= 15 is 0 Å². The first-order valence-electron chi connectivity index (χ1n) is 12.6. The maximum Gasteiger partial charge on any atom is 0.257 e. The van der Waals surface area contributed by atoms with Gasteiger partial charge in [-0.25, -0.2) is 9.97 Å². The third-order valence-corrected chi connectivity index (χ3v) is 7.30. The molecule has 4 heterocycles. The summed E-state index contributed by atoms with van der Waals surface area (Å²) < 4.78 is 5.48. The molecule has 2 aromatic carbocycles. The molecule has 0 spiro atoms. The number of methoxy groups -OCH3 is 1. The van der Waals surface area contributed by atoms with Crippen LogP contribution in [0.4, 0.5) is 11.6 Å². The van der Waals surface area contributed by atoms with Gasteiger partial charge >= 0.3 is 0 Å². The lowest BCUT2D eigenvalue weighted by Crippen LogP contribution is -2.45. The smallest absolute Gasteiger partial charge is 0.257 e. The van der Waals surface area contributed by atoms with Gasteiger partial charge in [0.05, 0.1) is 23.9 Å². The minimum absolute atomic E-state index is 0.0297. The van der Waals surface area contributed by atoms with E-state index in [9.17, 15) is 4.79 Å². The van der Waals surface area contributed by atoms with Crippen molar-refractivity contribution in [1.82, 2.24) is 35.2 Å². The van der Waals surface area contributed by atoms with Gasteiger partial charge in [0.1, 0.15) is 11.3 Å². The van der Waals surface area contributed by atoms with E-state index in [2.05, 4.69) is 62.7 Å². The number of benzene rings is 2. The van der Waals surface area contributed by atoms with Crippen LogP contribution in [0.15, 0.2) is 36.5 Å². The summed E-state index contributed by atoms with van der Waals surface area (Å²) >= 11 is 0. The first-order chi connectivity index (χ1) is 18.0. The second-order valence-electron chi connectivity index (χ2n) is 9.98. The van der Waals surface area contributed by atoms with E-state index in [0.717, 1.165) is 42.8 Å². The van der Waals surface area contributed by atoms with Crippen molar-refractivity contribution in [3.05, 3.63) is 64.5 Å². The molecule has 0 atom stereocenters. The van der Waals surface area contributed by atoms with Crippen molar-refractivity contribution in [3.8, 4) is 5.75 Å². The number of ether oxygens (including phenoxy) is 1. The highest BCUT2D eigenvalue weighted by Crippen LogP contribution is 2.30. The van der Waals surface area contributed by atoms with Crippen LogP contribution in [0.2, 0.25) is 0 Å². The van der Waals surface area contributed by atoms with E-state index in [1.807, 2.05) is 11.1 Å². The van der Waals surface area contributed by atoms with Crippen LogP contribution in [0.5, 0.6) is 5.75 Å². The number of fused-ring (bicyclic) bond motifs is 2. The number of nitrogens with one attached hydrogen (secondary N) is 2. The van der Waals surface area contributed by atoms with E-state index in [4.69, 9.17) is 9.72 Å². The Morgan fingerprint density at radius 2 is 1.86 bits per heavy atom. The molecule has 2 aromatic heterocycles. The van der Waals surface area contributed by atoms with Crippen molar-refractivity contribution in [2.45, 2.75) is 45.8 Å². The zero-order chi connectivity index (χ0) is 25.5. The third kappa shape index (κ3) is 4.60. The number of carbonyl (C=O) groups is 1. The lowest BCUT2D eigenvalue weighted by molar-refractivity contribution is 0.0610. The molecule has 4 aromatic rings. The van der Waals surface area contributed by atoms with E-state index in [1.54, 1.807) is 19.2 Å². The van der Waals surface area contributed by atoms with Gasteiger partial charge in [0.25, 0.3) is 5.91 Å². The fourth-order valence-corrected chi connectivity index (χ4v) is 5.49. The zero-order valence-electron chi connectivity index (χ0n) is 21.3. The molecule has 0 aliphatic carbocycles. The number of piperidine rings is 1. The largest absolute Gasteiger partial charge is 0.496 e. The predicted octanol–water partition coefficient (Wildman–Crippen LogP) is 3.74. The number of aryl methyl sites for hydroxylation is 2. The summed E-state index contributed by atoms with van der Waals surface area (Å²) in [5.41, 5.74) is 7.59. The highest BCUT2D eigenvalue weighted by molar-refractivity contribution is 6.00. The Bertz CT molecular complexity index is 1450. The molecule has 6 rings (SSSR count). The molecule has 1 amide bonds. The summed E-state index contributed by atoms with van der Waals surface area (Å²) in [5.74, 6) is 1.13. The van der Waals surface area contributed by atoms with Crippen LogP contribution in [0, 0.1) is 13.8 Å². The first kappa shape index (κ1) is 23.4. The summed E-state index contributed by atoms with van der Waals surface area (Å²) in [7, 11) is 1.57. The second-order valence-corrected chi connectivity index (χ2v) is 9.98. The normalized spacial score (nSPS) is 16.2. The Morgan fingerprint density at radius 3 is 2.62 bits per heavy atom. The van der Waals surface area contributed by atoms with Crippen LogP contribution >= 0.6 is 0 Å². The molecular formula is C27H30N8O2. The van der Waals surface area contributed by atoms with Crippen LogP contribution in [-0.2, 0) is 13.1 Å². The van der Waals surface area contributed by atoms with Crippen molar-refractivity contribution in [3.63, 3.8) is 0 Å². The molecule has 1 saturated heterocycles. The molecule has 1 fully saturated rings. The van der Waals surface area contributed by atoms with Gasteiger partial charge < -0.3 is 15.0 Å². The molecule has 190 valence electrons. The molecule has 37 heavy (non-hydrogen) atoms. The second kappa shape index (κ2) is 9.44. The predicted molar refractivity (Wildman–Crippen MR) is 140 cm³/mol. The molecule has 0 unspecified atom stereocenters. The number of H-pyrrole nitrogens is 1.